The van der Waals surface area contributed by atoms with Gasteiger partial charge in [0.2, 0.25) is 0 Å². The summed E-state index contributed by atoms with van der Waals surface area (Å²) in [5, 5.41) is 0. The molecule has 2 rings (SSSR count). The van der Waals surface area contributed by atoms with Gasteiger partial charge in [-0.2, -0.15) is 0 Å². The Hall–Kier alpha value is -0.820. The van der Waals surface area contributed by atoms with Crippen molar-refractivity contribution >= 4 is 0 Å². The minimum atomic E-state index is 0.538. The van der Waals surface area contributed by atoms with Crippen LogP contribution >= 0.6 is 0 Å². The number of benzene rings is 1. The molecule has 1 aliphatic rings. The lowest BCUT2D eigenvalue weighted by Gasteiger charge is -2.19. The lowest BCUT2D eigenvalue weighted by molar-refractivity contribution is 0.294. The van der Waals surface area contributed by atoms with Crippen LogP contribution in [0.15, 0.2) is 30.3 Å². The molecule has 0 aliphatic carbocycles. The summed E-state index contributed by atoms with van der Waals surface area (Å²) in [6, 6.07) is 10.8. The number of nitrogens with zero attached hydrogens (tertiary/aromatic N) is 1. The second-order valence-corrected chi connectivity index (χ2v) is 5.43. The molecule has 1 aromatic rings. The summed E-state index contributed by atoms with van der Waals surface area (Å²) in [6.45, 7) is 8.50. The van der Waals surface area contributed by atoms with E-state index in [1.165, 1.54) is 38.0 Å². The van der Waals surface area contributed by atoms with Crippen molar-refractivity contribution in [3.63, 3.8) is 0 Å². The van der Waals surface area contributed by atoms with Gasteiger partial charge in [0.1, 0.15) is 0 Å². The maximum absolute atomic E-state index is 2.59. The molecule has 0 aromatic heterocycles. The third-order valence-electron chi connectivity index (χ3n) is 3.32. The molecule has 0 spiro atoms. The van der Waals surface area contributed by atoms with Crippen molar-refractivity contribution in [2.24, 2.45) is 5.41 Å². The van der Waals surface area contributed by atoms with Gasteiger partial charge in [0, 0.05) is 13.1 Å². The topological polar surface area (TPSA) is 3.24 Å². The van der Waals surface area contributed by atoms with Gasteiger partial charge < -0.3 is 4.90 Å². The Balaban J connectivity index is 1.80. The van der Waals surface area contributed by atoms with E-state index in [4.69, 9.17) is 0 Å². The van der Waals surface area contributed by atoms with E-state index in [0.717, 1.165) is 0 Å². The highest BCUT2D eigenvalue weighted by molar-refractivity contribution is 5.14. The van der Waals surface area contributed by atoms with Gasteiger partial charge in [-0.1, -0.05) is 44.2 Å². The summed E-state index contributed by atoms with van der Waals surface area (Å²) in [6.07, 6.45) is 2.54. The van der Waals surface area contributed by atoms with Crippen LogP contribution in [0.3, 0.4) is 0 Å². The smallest absolute Gasteiger partial charge is 0.00333 e. The molecule has 82 valence electrons. The van der Waals surface area contributed by atoms with Crippen LogP contribution in [-0.2, 0) is 6.42 Å². The SMILES string of the molecule is CC1(C)CCN(CCc2ccccc2)C1. The molecule has 0 N–H and O–H groups in total. The molecule has 0 radical (unpaired) electrons. The predicted molar refractivity (Wildman–Crippen MR) is 65.0 cm³/mol. The van der Waals surface area contributed by atoms with Crippen molar-refractivity contribution in [2.45, 2.75) is 26.7 Å². The maximum Gasteiger partial charge on any atom is 0.00333 e. The van der Waals surface area contributed by atoms with Crippen LogP contribution in [0, 0.1) is 5.41 Å². The molecule has 0 bridgehead atoms. The first-order chi connectivity index (χ1) is 7.16. The van der Waals surface area contributed by atoms with Crippen LogP contribution in [0.2, 0.25) is 0 Å². The van der Waals surface area contributed by atoms with E-state index in [2.05, 4.69) is 49.1 Å². The Morgan fingerprint density at radius 3 is 2.53 bits per heavy atom. The zero-order chi connectivity index (χ0) is 10.7. The molecular weight excluding hydrogens is 182 g/mol. The molecule has 0 saturated carbocycles. The Morgan fingerprint density at radius 1 is 1.20 bits per heavy atom. The summed E-state index contributed by atoms with van der Waals surface area (Å²) < 4.78 is 0. The lowest BCUT2D eigenvalue weighted by atomic mass is 9.93. The number of likely N-dealkylation sites (tertiary alicyclic amines) is 1. The molecule has 1 saturated heterocycles. The van der Waals surface area contributed by atoms with Gasteiger partial charge >= 0.3 is 0 Å². The first kappa shape index (κ1) is 10.7. The van der Waals surface area contributed by atoms with Gasteiger partial charge in [-0.15, -0.1) is 0 Å². The fourth-order valence-electron chi connectivity index (χ4n) is 2.35. The van der Waals surface area contributed by atoms with E-state index in [0.29, 0.717) is 5.41 Å². The second-order valence-electron chi connectivity index (χ2n) is 5.43. The van der Waals surface area contributed by atoms with Crippen molar-refractivity contribution < 1.29 is 0 Å². The number of hydrogen-bond donors (Lipinski definition) is 0. The summed E-state index contributed by atoms with van der Waals surface area (Å²) >= 11 is 0. The molecule has 1 aliphatic heterocycles. The third kappa shape index (κ3) is 3.07. The minimum absolute atomic E-state index is 0.538. The molecular formula is C14H21N. The van der Waals surface area contributed by atoms with Gasteiger partial charge in [-0.05, 0) is 30.4 Å². The van der Waals surface area contributed by atoms with Gasteiger partial charge in [0.05, 0.1) is 0 Å². The van der Waals surface area contributed by atoms with E-state index >= 15 is 0 Å². The zero-order valence-corrected chi connectivity index (χ0v) is 9.87. The van der Waals surface area contributed by atoms with Crippen molar-refractivity contribution in [3.05, 3.63) is 35.9 Å². The van der Waals surface area contributed by atoms with Crippen LogP contribution < -0.4 is 0 Å². The fourth-order valence-corrected chi connectivity index (χ4v) is 2.35. The summed E-state index contributed by atoms with van der Waals surface area (Å²) in [4.78, 5) is 2.59. The van der Waals surface area contributed by atoms with E-state index < -0.39 is 0 Å². The molecule has 1 heterocycles. The van der Waals surface area contributed by atoms with Crippen molar-refractivity contribution in [1.82, 2.24) is 4.90 Å². The Morgan fingerprint density at radius 2 is 1.93 bits per heavy atom. The van der Waals surface area contributed by atoms with Crippen LogP contribution in [0.1, 0.15) is 25.8 Å². The van der Waals surface area contributed by atoms with Crippen molar-refractivity contribution in [1.29, 1.82) is 0 Å². The van der Waals surface area contributed by atoms with E-state index in [1.807, 2.05) is 0 Å². The minimum Gasteiger partial charge on any atom is -0.302 e. The predicted octanol–water partition coefficient (Wildman–Crippen LogP) is 2.96. The average Bonchev–Trinajstić information content (AvgIpc) is 2.57. The Labute approximate surface area is 93.1 Å². The monoisotopic (exact) mass is 203 g/mol. The van der Waals surface area contributed by atoms with Gasteiger partial charge in [0.25, 0.3) is 0 Å². The van der Waals surface area contributed by atoms with Crippen LogP contribution in [0.4, 0.5) is 0 Å². The molecule has 1 heteroatoms. The Bertz CT molecular complexity index is 302. The van der Waals surface area contributed by atoms with Gasteiger partial charge in [-0.3, -0.25) is 0 Å². The molecule has 1 fully saturated rings. The van der Waals surface area contributed by atoms with Crippen molar-refractivity contribution in [2.75, 3.05) is 19.6 Å². The number of rotatable bonds is 3. The zero-order valence-electron chi connectivity index (χ0n) is 9.87. The van der Waals surface area contributed by atoms with Crippen LogP contribution in [0.25, 0.3) is 0 Å². The number of hydrogen-bond acceptors (Lipinski definition) is 1. The molecule has 1 nitrogen and oxygen atoms in total. The van der Waals surface area contributed by atoms with Crippen LogP contribution in [0.5, 0.6) is 0 Å². The van der Waals surface area contributed by atoms with Crippen molar-refractivity contribution in [3.8, 4) is 0 Å². The quantitative estimate of drug-likeness (QED) is 0.730. The molecule has 0 unspecified atom stereocenters. The van der Waals surface area contributed by atoms with Gasteiger partial charge in [0.15, 0.2) is 0 Å². The summed E-state index contributed by atoms with van der Waals surface area (Å²) in [5.41, 5.74) is 2.00. The van der Waals surface area contributed by atoms with E-state index in [-0.39, 0.29) is 0 Å². The third-order valence-corrected chi connectivity index (χ3v) is 3.32. The first-order valence-corrected chi connectivity index (χ1v) is 5.92. The standard InChI is InChI=1S/C14H21N/c1-14(2)9-11-15(12-14)10-8-13-6-4-3-5-7-13/h3-7H,8-12H2,1-2H3. The molecule has 15 heavy (non-hydrogen) atoms. The first-order valence-electron chi connectivity index (χ1n) is 5.92. The largest absolute Gasteiger partial charge is 0.302 e. The van der Waals surface area contributed by atoms with Gasteiger partial charge in [-0.25, -0.2) is 0 Å². The van der Waals surface area contributed by atoms with Crippen LogP contribution in [-0.4, -0.2) is 24.5 Å². The fraction of sp³-hybridized carbons (Fsp3) is 0.571. The van der Waals surface area contributed by atoms with E-state index in [1.54, 1.807) is 0 Å². The molecule has 0 atom stereocenters. The highest BCUT2D eigenvalue weighted by Crippen LogP contribution is 2.28. The lowest BCUT2D eigenvalue weighted by Crippen LogP contribution is -2.25. The van der Waals surface area contributed by atoms with E-state index in [9.17, 15) is 0 Å². The Kier molecular flexibility index (Phi) is 3.11. The normalized spacial score (nSPS) is 20.7. The molecule has 0 amide bonds. The highest BCUT2D eigenvalue weighted by Gasteiger charge is 2.28. The highest BCUT2D eigenvalue weighted by atomic mass is 15.1. The summed E-state index contributed by atoms with van der Waals surface area (Å²) in [7, 11) is 0. The average molecular weight is 203 g/mol. The second kappa shape index (κ2) is 4.36. The summed E-state index contributed by atoms with van der Waals surface area (Å²) in [5.74, 6) is 0. The maximum atomic E-state index is 2.59. The molecule has 1 aromatic carbocycles.